The van der Waals surface area contributed by atoms with Crippen molar-refractivity contribution in [2.45, 2.75) is 44.6 Å². The lowest BCUT2D eigenvalue weighted by atomic mass is 9.99. The number of nitrogens with two attached hydrogens (primary N) is 2. The highest BCUT2D eigenvalue weighted by Gasteiger charge is 2.25. The van der Waals surface area contributed by atoms with Crippen molar-refractivity contribution < 1.29 is 4.79 Å². The average Bonchev–Trinajstić information content (AvgIpc) is 3.23. The molecule has 0 radical (unpaired) electrons. The van der Waals surface area contributed by atoms with Crippen LogP contribution in [0.4, 0.5) is 11.5 Å². The number of pyridine rings is 1. The zero-order valence-electron chi connectivity index (χ0n) is 15.3. The standard InChI is InChI=1S/C20H21N5OS2/c21-9-13-14(11-7-8-27-10-11)15-16(22)17(28-20(15)25-18(13)23)19(26)24-12-5-3-1-2-4-6-12/h7-8,10,12H,1-6,22H2,(H2,23,25)(H,24,26). The molecule has 1 fully saturated rings. The highest BCUT2D eigenvalue weighted by molar-refractivity contribution is 7.21. The molecule has 6 nitrogen and oxygen atoms in total. The maximum Gasteiger partial charge on any atom is 0.263 e. The number of nitrogen functional groups attached to an aromatic ring is 2. The lowest BCUT2D eigenvalue weighted by Crippen LogP contribution is -2.34. The molecular weight excluding hydrogens is 390 g/mol. The zero-order chi connectivity index (χ0) is 19.7. The SMILES string of the molecule is N#Cc1c(N)nc2sc(C(=O)NC3CCCCCC3)c(N)c2c1-c1ccsc1. The molecule has 0 unspecified atom stereocenters. The van der Waals surface area contributed by atoms with Gasteiger partial charge >= 0.3 is 0 Å². The minimum absolute atomic E-state index is 0.160. The summed E-state index contributed by atoms with van der Waals surface area (Å²) >= 11 is 2.76. The van der Waals surface area contributed by atoms with Crippen LogP contribution in [0.15, 0.2) is 16.8 Å². The first-order valence-electron chi connectivity index (χ1n) is 9.35. The van der Waals surface area contributed by atoms with Gasteiger partial charge in [0.15, 0.2) is 0 Å². The van der Waals surface area contributed by atoms with Crippen LogP contribution in [0.3, 0.4) is 0 Å². The van der Waals surface area contributed by atoms with E-state index in [-0.39, 0.29) is 17.8 Å². The van der Waals surface area contributed by atoms with E-state index >= 15 is 0 Å². The zero-order valence-corrected chi connectivity index (χ0v) is 17.0. The summed E-state index contributed by atoms with van der Waals surface area (Å²) < 4.78 is 0. The van der Waals surface area contributed by atoms with Gasteiger partial charge < -0.3 is 16.8 Å². The molecule has 0 spiro atoms. The second-order valence-electron chi connectivity index (χ2n) is 7.06. The third-order valence-corrected chi connectivity index (χ3v) is 7.00. The fourth-order valence-electron chi connectivity index (χ4n) is 3.82. The highest BCUT2D eigenvalue weighted by Crippen LogP contribution is 2.43. The molecule has 4 rings (SSSR count). The number of carbonyl (C=O) groups excluding carboxylic acids is 1. The average molecular weight is 412 g/mol. The van der Waals surface area contributed by atoms with Gasteiger partial charge in [-0.1, -0.05) is 25.7 Å². The van der Waals surface area contributed by atoms with Gasteiger partial charge in [-0.2, -0.15) is 16.6 Å². The molecule has 1 amide bonds. The van der Waals surface area contributed by atoms with Crippen LogP contribution in [0.5, 0.6) is 0 Å². The first kappa shape index (κ1) is 18.7. The maximum absolute atomic E-state index is 13.0. The third-order valence-electron chi connectivity index (χ3n) is 5.22. The molecule has 1 aliphatic carbocycles. The minimum atomic E-state index is -0.166. The Morgan fingerprint density at radius 3 is 2.64 bits per heavy atom. The van der Waals surface area contributed by atoms with E-state index in [9.17, 15) is 10.1 Å². The van der Waals surface area contributed by atoms with E-state index in [0.29, 0.717) is 31.9 Å². The van der Waals surface area contributed by atoms with E-state index in [4.69, 9.17) is 11.5 Å². The van der Waals surface area contributed by atoms with E-state index in [1.807, 2.05) is 16.8 Å². The number of nitrogens with one attached hydrogen (secondary N) is 1. The van der Waals surface area contributed by atoms with Gasteiger partial charge in [-0.3, -0.25) is 4.79 Å². The van der Waals surface area contributed by atoms with Crippen LogP contribution in [-0.4, -0.2) is 16.9 Å². The molecule has 1 aliphatic rings. The second kappa shape index (κ2) is 7.78. The van der Waals surface area contributed by atoms with Gasteiger partial charge in [-0.05, 0) is 35.2 Å². The second-order valence-corrected chi connectivity index (χ2v) is 8.84. The molecule has 0 bridgehead atoms. The van der Waals surface area contributed by atoms with Crippen LogP contribution in [-0.2, 0) is 0 Å². The summed E-state index contributed by atoms with van der Waals surface area (Å²) in [6.07, 6.45) is 6.72. The topological polar surface area (TPSA) is 118 Å². The Hall–Kier alpha value is -2.63. The van der Waals surface area contributed by atoms with Crippen LogP contribution >= 0.6 is 22.7 Å². The molecule has 3 aromatic rings. The van der Waals surface area contributed by atoms with Crippen LogP contribution < -0.4 is 16.8 Å². The number of amides is 1. The largest absolute Gasteiger partial charge is 0.397 e. The van der Waals surface area contributed by atoms with Crippen LogP contribution in [0.1, 0.15) is 53.8 Å². The van der Waals surface area contributed by atoms with E-state index in [1.165, 1.54) is 35.5 Å². The number of aromatic nitrogens is 1. The molecule has 3 aromatic heterocycles. The van der Waals surface area contributed by atoms with Crippen molar-refractivity contribution in [3.05, 3.63) is 27.3 Å². The number of fused-ring (bicyclic) bond motifs is 1. The number of rotatable bonds is 3. The predicted molar refractivity (Wildman–Crippen MR) is 115 cm³/mol. The molecular formula is C20H21N5OS2. The van der Waals surface area contributed by atoms with Gasteiger partial charge in [-0.25, -0.2) is 4.98 Å². The van der Waals surface area contributed by atoms with Gasteiger partial charge in [0.05, 0.1) is 5.69 Å². The number of thiophene rings is 2. The Kier molecular flexibility index (Phi) is 5.20. The van der Waals surface area contributed by atoms with E-state index in [1.54, 1.807) is 0 Å². The highest BCUT2D eigenvalue weighted by atomic mass is 32.1. The van der Waals surface area contributed by atoms with Gasteiger partial charge in [0.2, 0.25) is 0 Å². The number of nitriles is 1. The monoisotopic (exact) mass is 411 g/mol. The van der Waals surface area contributed by atoms with E-state index in [2.05, 4.69) is 16.4 Å². The molecule has 0 aromatic carbocycles. The minimum Gasteiger partial charge on any atom is -0.397 e. The molecule has 1 saturated carbocycles. The van der Waals surface area contributed by atoms with Gasteiger partial charge in [0, 0.05) is 17.0 Å². The molecule has 3 heterocycles. The lowest BCUT2D eigenvalue weighted by molar-refractivity contribution is 0.0938. The van der Waals surface area contributed by atoms with Crippen LogP contribution in [0, 0.1) is 11.3 Å². The van der Waals surface area contributed by atoms with Crippen molar-refractivity contribution in [2.75, 3.05) is 11.5 Å². The summed E-state index contributed by atoms with van der Waals surface area (Å²) in [7, 11) is 0. The van der Waals surface area contributed by atoms with E-state index in [0.717, 1.165) is 31.2 Å². The number of hydrogen-bond acceptors (Lipinski definition) is 7. The first-order valence-corrected chi connectivity index (χ1v) is 11.1. The Labute approximate surface area is 171 Å². The van der Waals surface area contributed by atoms with Crippen LogP contribution in [0.25, 0.3) is 21.3 Å². The normalized spacial score (nSPS) is 15.2. The Morgan fingerprint density at radius 2 is 2.00 bits per heavy atom. The van der Waals surface area contributed by atoms with Crippen molar-refractivity contribution in [1.29, 1.82) is 5.26 Å². The third kappa shape index (κ3) is 3.32. The van der Waals surface area contributed by atoms with Crippen LogP contribution in [0.2, 0.25) is 0 Å². The number of hydrogen-bond donors (Lipinski definition) is 3. The van der Waals surface area contributed by atoms with Crippen molar-refractivity contribution in [3.63, 3.8) is 0 Å². The van der Waals surface area contributed by atoms with Crippen molar-refractivity contribution in [3.8, 4) is 17.2 Å². The van der Waals surface area contributed by atoms with Crippen molar-refractivity contribution >= 4 is 50.3 Å². The summed E-state index contributed by atoms with van der Waals surface area (Å²) in [5, 5.41) is 17.3. The Bertz CT molecular complexity index is 1060. The quantitative estimate of drug-likeness (QED) is 0.548. The molecule has 0 saturated heterocycles. The van der Waals surface area contributed by atoms with Gasteiger partial charge in [-0.15, -0.1) is 11.3 Å². The Morgan fingerprint density at radius 1 is 1.25 bits per heavy atom. The lowest BCUT2D eigenvalue weighted by Gasteiger charge is -2.15. The summed E-state index contributed by atoms with van der Waals surface area (Å²) in [5.74, 6) is -0.00563. The number of nitrogens with zero attached hydrogens (tertiary/aromatic N) is 2. The summed E-state index contributed by atoms with van der Waals surface area (Å²) in [4.78, 5) is 18.3. The summed E-state index contributed by atoms with van der Waals surface area (Å²) in [6, 6.07) is 4.25. The smallest absolute Gasteiger partial charge is 0.263 e. The maximum atomic E-state index is 13.0. The van der Waals surface area contributed by atoms with E-state index < -0.39 is 0 Å². The first-order chi connectivity index (χ1) is 13.6. The summed E-state index contributed by atoms with van der Waals surface area (Å²) in [5.41, 5.74) is 14.7. The van der Waals surface area contributed by atoms with Crippen molar-refractivity contribution in [1.82, 2.24) is 10.3 Å². The molecule has 28 heavy (non-hydrogen) atoms. The molecule has 0 atom stereocenters. The Balaban J connectivity index is 1.79. The molecule has 144 valence electrons. The van der Waals surface area contributed by atoms with Gasteiger partial charge in [0.1, 0.15) is 27.2 Å². The van der Waals surface area contributed by atoms with Crippen molar-refractivity contribution in [2.24, 2.45) is 0 Å². The number of anilines is 2. The predicted octanol–water partition coefficient (Wildman–Crippen LogP) is 4.51. The molecule has 8 heteroatoms. The summed E-state index contributed by atoms with van der Waals surface area (Å²) in [6.45, 7) is 0. The number of carbonyl (C=O) groups is 1. The molecule has 0 aliphatic heterocycles. The fraction of sp³-hybridized carbons (Fsp3) is 0.350. The molecule has 5 N–H and O–H groups in total. The van der Waals surface area contributed by atoms with Gasteiger partial charge in [0.25, 0.3) is 5.91 Å². The fourth-order valence-corrected chi connectivity index (χ4v) is 5.48.